The fourth-order valence-electron chi connectivity index (χ4n) is 9.42. The van der Waals surface area contributed by atoms with Crippen LogP contribution in [0.25, 0.3) is 22.3 Å². The molecule has 6 unspecified atom stereocenters. The van der Waals surface area contributed by atoms with Crippen LogP contribution >= 0.6 is 11.8 Å². The van der Waals surface area contributed by atoms with Gasteiger partial charge in [0.05, 0.1) is 30.0 Å². The highest BCUT2D eigenvalue weighted by molar-refractivity contribution is 7.99. The summed E-state index contributed by atoms with van der Waals surface area (Å²) in [6.45, 7) is -0.236. The average Bonchev–Trinajstić information content (AvgIpc) is 3.38. The molecule has 0 saturated carbocycles. The monoisotopic (exact) mass is 984 g/mol. The van der Waals surface area contributed by atoms with E-state index in [0.717, 1.165) is 4.90 Å². The first-order valence-corrected chi connectivity index (χ1v) is 24.1. The molecule has 0 aliphatic carbocycles. The number of benzene rings is 8. The molecule has 0 spiro atoms. The van der Waals surface area contributed by atoms with Crippen LogP contribution in [0.2, 0.25) is 0 Å². The Bertz CT molecular complexity index is 3250. The Kier molecular flexibility index (Phi) is 13.4. The van der Waals surface area contributed by atoms with Gasteiger partial charge < -0.3 is 44.8 Å². The molecule has 72 heavy (non-hydrogen) atoms. The topological polar surface area (TPSA) is 160 Å². The van der Waals surface area contributed by atoms with Crippen LogP contribution < -0.4 is 19.3 Å². The minimum Gasteiger partial charge on any atom is -0.508 e. The van der Waals surface area contributed by atoms with Gasteiger partial charge in [-0.15, -0.1) is 11.8 Å². The first-order valence-electron chi connectivity index (χ1n) is 23.1. The van der Waals surface area contributed by atoms with E-state index in [2.05, 4.69) is 0 Å². The number of carbonyl (C=O) groups excluding carboxylic acids is 2. The smallest absolute Gasteiger partial charge is 0.235 e. The molecule has 2 fully saturated rings. The van der Waals surface area contributed by atoms with Crippen molar-refractivity contribution >= 4 is 35.0 Å². The minimum atomic E-state index is -1.25. The number of hydrogen-bond donors (Lipinski definition) is 5. The van der Waals surface area contributed by atoms with Crippen LogP contribution in [-0.2, 0) is 9.59 Å². The van der Waals surface area contributed by atoms with Gasteiger partial charge in [-0.1, -0.05) is 66.7 Å². The van der Waals surface area contributed by atoms with Crippen LogP contribution in [0.15, 0.2) is 193 Å². The van der Waals surface area contributed by atoms with Crippen LogP contribution in [0.4, 0.5) is 20.2 Å². The molecule has 0 radical (unpaired) electrons. The molecule has 2 amide bonds. The maximum absolute atomic E-state index is 14.1. The Hall–Kier alpha value is -8.17. The molecule has 8 aromatic rings. The van der Waals surface area contributed by atoms with Crippen LogP contribution in [-0.4, -0.2) is 61.9 Å². The maximum atomic E-state index is 14.1. The Morgan fingerprint density at radius 3 is 1.60 bits per heavy atom. The predicted octanol–water partition coefficient (Wildman–Crippen LogP) is 11.2. The number of β-lactam (4-membered cyclic amide) rings is 2. The number of halogens is 2. The van der Waals surface area contributed by atoms with Crippen molar-refractivity contribution in [1.29, 1.82) is 0 Å². The summed E-state index contributed by atoms with van der Waals surface area (Å²) in [4.78, 5) is 31.5. The lowest BCUT2D eigenvalue weighted by Crippen LogP contribution is -2.60. The van der Waals surface area contributed by atoms with Crippen LogP contribution in [0.1, 0.15) is 23.2 Å². The normalized spacial score (nSPS) is 18.2. The van der Waals surface area contributed by atoms with Crippen molar-refractivity contribution < 1.29 is 53.4 Å². The molecule has 0 aromatic heterocycles. The molecule has 8 aromatic carbocycles. The maximum Gasteiger partial charge on any atom is 0.235 e. The zero-order chi connectivity index (χ0) is 50.0. The van der Waals surface area contributed by atoms with Gasteiger partial charge in [0.1, 0.15) is 58.8 Å². The molecule has 5 N–H and O–H groups in total. The molecule has 362 valence electrons. The van der Waals surface area contributed by atoms with Crippen molar-refractivity contribution in [2.75, 3.05) is 22.2 Å². The number of hydrogen-bond acceptors (Lipinski definition) is 10. The number of anilines is 2. The summed E-state index contributed by atoms with van der Waals surface area (Å²) < 4.78 is 39.1. The number of rotatable bonds is 16. The molecule has 11 nitrogen and oxygen atoms in total. The van der Waals surface area contributed by atoms with E-state index in [1.807, 2.05) is 18.2 Å². The van der Waals surface area contributed by atoms with E-state index in [0.29, 0.717) is 62.0 Å². The van der Waals surface area contributed by atoms with Crippen LogP contribution in [0.3, 0.4) is 0 Å². The third-order valence-electron chi connectivity index (χ3n) is 13.0. The van der Waals surface area contributed by atoms with Crippen molar-refractivity contribution in [3.8, 4) is 56.8 Å². The van der Waals surface area contributed by atoms with E-state index >= 15 is 0 Å². The fourth-order valence-corrected chi connectivity index (χ4v) is 10.3. The third-order valence-corrected chi connectivity index (χ3v) is 14.1. The number of ether oxygens (including phenoxy) is 2. The van der Waals surface area contributed by atoms with E-state index < -0.39 is 41.9 Å². The van der Waals surface area contributed by atoms with E-state index in [1.54, 1.807) is 133 Å². The van der Waals surface area contributed by atoms with Gasteiger partial charge >= 0.3 is 0 Å². The minimum absolute atomic E-state index is 0.0709. The number of phenolic OH excluding ortho intramolecular Hbond substituents is 3. The Labute approximate surface area is 417 Å². The number of aromatic hydroxyl groups is 3. The van der Waals surface area contributed by atoms with Crippen LogP contribution in [0, 0.1) is 23.5 Å². The molecule has 2 heterocycles. The number of phenols is 3. The number of carbonyl (C=O) groups is 2. The SMILES string of the molecule is O=C1C(C(O)COc2ccc(F)cc2)C(c2ccc(-c3cccc(Oc4ccc(N5C(=O)C(C(O)CSc6ccc(F)cc6)C5c5ccc(-c6cccc(O)c6)cc5O)cc4)c3)cc2O)N1c1ccccc1. The molecule has 10 rings (SSSR count). The van der Waals surface area contributed by atoms with Gasteiger partial charge in [0.15, 0.2) is 0 Å². The first kappa shape index (κ1) is 47.5. The van der Waals surface area contributed by atoms with Gasteiger partial charge in [-0.3, -0.25) is 9.59 Å². The molecule has 14 heteroatoms. The lowest BCUT2D eigenvalue weighted by molar-refractivity contribution is -0.137. The standard InChI is InChI=1S/C58H46F2N2O9S/c59-38-14-20-43(21-15-38)70-32-51(66)53-55(61(57(53)68)40-8-2-1-3-9-40)47-27-13-37(31-50(47)65)35-7-5-11-45(29-35)71-44-22-18-41(19-23-44)62-56(48-26-12-36(30-49(48)64)34-6-4-10-42(63)28-34)54(58(62)69)52(67)33-72-46-24-16-39(60)17-25-46/h1-31,51-56,63-67H,32-33H2. The summed E-state index contributed by atoms with van der Waals surface area (Å²) in [5, 5.41) is 56.0. The number of para-hydroxylation sites is 1. The number of aliphatic hydroxyl groups excluding tert-OH is 2. The highest BCUT2D eigenvalue weighted by atomic mass is 32.2. The van der Waals surface area contributed by atoms with Gasteiger partial charge in [-0.05, 0) is 144 Å². The largest absolute Gasteiger partial charge is 0.508 e. The molecule has 0 bridgehead atoms. The lowest BCUT2D eigenvalue weighted by atomic mass is 9.77. The molecule has 2 aliphatic rings. The third kappa shape index (κ3) is 9.67. The number of thioether (sulfide) groups is 1. The van der Waals surface area contributed by atoms with Gasteiger partial charge in [0.2, 0.25) is 11.8 Å². The summed E-state index contributed by atoms with van der Waals surface area (Å²) in [5.74, 6) is -2.08. The predicted molar refractivity (Wildman–Crippen MR) is 270 cm³/mol. The average molecular weight is 985 g/mol. The Balaban J connectivity index is 0.864. The van der Waals surface area contributed by atoms with Gasteiger partial charge in [-0.2, -0.15) is 0 Å². The van der Waals surface area contributed by atoms with Gasteiger partial charge in [0, 0.05) is 33.2 Å². The summed E-state index contributed by atoms with van der Waals surface area (Å²) in [6, 6.07) is 49.7. The second kappa shape index (κ2) is 20.3. The number of amides is 2. The first-order chi connectivity index (χ1) is 34.9. The Morgan fingerprint density at radius 2 is 1.01 bits per heavy atom. The Morgan fingerprint density at radius 1 is 0.500 bits per heavy atom. The fraction of sp³-hybridized carbons (Fsp3) is 0.138. The van der Waals surface area contributed by atoms with Gasteiger partial charge in [-0.25, -0.2) is 8.78 Å². The van der Waals surface area contributed by atoms with Crippen molar-refractivity contribution in [2.24, 2.45) is 11.8 Å². The number of nitrogens with zero attached hydrogens (tertiary/aromatic N) is 2. The molecular formula is C58H46F2N2O9S. The van der Waals surface area contributed by atoms with Crippen molar-refractivity contribution in [1.82, 2.24) is 0 Å². The molecule has 2 aliphatic heterocycles. The van der Waals surface area contributed by atoms with Crippen molar-refractivity contribution in [3.05, 3.63) is 211 Å². The van der Waals surface area contributed by atoms with E-state index in [1.165, 1.54) is 58.0 Å². The summed E-state index contributed by atoms with van der Waals surface area (Å²) in [7, 11) is 0. The van der Waals surface area contributed by atoms with E-state index in [4.69, 9.17) is 9.47 Å². The van der Waals surface area contributed by atoms with E-state index in [9.17, 15) is 43.9 Å². The summed E-state index contributed by atoms with van der Waals surface area (Å²) >= 11 is 1.29. The summed E-state index contributed by atoms with van der Waals surface area (Å²) in [6.07, 6.45) is -2.37. The summed E-state index contributed by atoms with van der Waals surface area (Å²) in [5.41, 5.74) is 4.64. The van der Waals surface area contributed by atoms with E-state index in [-0.39, 0.29) is 47.2 Å². The molecule has 6 atom stereocenters. The van der Waals surface area contributed by atoms with Crippen molar-refractivity contribution in [2.45, 2.75) is 29.2 Å². The van der Waals surface area contributed by atoms with Crippen molar-refractivity contribution in [3.63, 3.8) is 0 Å². The number of aliphatic hydroxyl groups is 2. The highest BCUT2D eigenvalue weighted by Gasteiger charge is 2.54. The quantitative estimate of drug-likeness (QED) is 0.0466. The zero-order valence-corrected chi connectivity index (χ0v) is 39.0. The zero-order valence-electron chi connectivity index (χ0n) is 38.2. The molecule has 2 saturated heterocycles. The van der Waals surface area contributed by atoms with Gasteiger partial charge in [0.25, 0.3) is 0 Å². The highest BCUT2D eigenvalue weighted by Crippen LogP contribution is 2.51. The second-order valence-corrected chi connectivity index (χ2v) is 18.7. The second-order valence-electron chi connectivity index (χ2n) is 17.6. The lowest BCUT2D eigenvalue weighted by Gasteiger charge is -2.49. The van der Waals surface area contributed by atoms with Crippen LogP contribution in [0.5, 0.6) is 34.5 Å². The molecular weight excluding hydrogens is 939 g/mol.